The van der Waals surface area contributed by atoms with E-state index in [9.17, 15) is 4.79 Å². The molecule has 28 heavy (non-hydrogen) atoms. The molecule has 0 fully saturated rings. The van der Waals surface area contributed by atoms with Gasteiger partial charge < -0.3 is 9.47 Å². The third-order valence-corrected chi connectivity index (χ3v) is 5.61. The molecule has 10 heteroatoms. The van der Waals surface area contributed by atoms with E-state index >= 15 is 0 Å². The number of thioether (sulfide) groups is 2. The van der Waals surface area contributed by atoms with E-state index in [4.69, 9.17) is 9.47 Å². The number of hydrogen-bond acceptors (Lipinski definition) is 9. The average Bonchev–Trinajstić information content (AvgIpc) is 3.14. The molecule has 2 heterocycles. The van der Waals surface area contributed by atoms with Crippen LogP contribution in [0.1, 0.15) is 12.7 Å². The van der Waals surface area contributed by atoms with Crippen LogP contribution in [0.2, 0.25) is 0 Å². The molecular formula is C18H19N5O3S2. The maximum absolute atomic E-state index is 11.8. The number of rotatable bonds is 8. The summed E-state index contributed by atoms with van der Waals surface area (Å²) in [5.41, 5.74) is 0.870. The Morgan fingerprint density at radius 1 is 1.14 bits per heavy atom. The summed E-state index contributed by atoms with van der Waals surface area (Å²) in [6.07, 6.45) is 3.39. The lowest BCUT2D eigenvalue weighted by atomic mass is 10.3. The average molecular weight is 418 g/mol. The molecule has 1 unspecified atom stereocenters. The van der Waals surface area contributed by atoms with Crippen molar-refractivity contribution in [2.75, 3.05) is 14.2 Å². The van der Waals surface area contributed by atoms with Crippen LogP contribution in [-0.2, 0) is 15.3 Å². The van der Waals surface area contributed by atoms with Crippen LogP contribution in [0.4, 0.5) is 0 Å². The fraction of sp³-hybridized carbons (Fsp3) is 0.278. The molecule has 8 nitrogen and oxygen atoms in total. The summed E-state index contributed by atoms with van der Waals surface area (Å²) in [5, 5.41) is 9.46. The van der Waals surface area contributed by atoms with Crippen molar-refractivity contribution in [2.24, 2.45) is 0 Å². The summed E-state index contributed by atoms with van der Waals surface area (Å²) >= 11 is 2.76. The summed E-state index contributed by atoms with van der Waals surface area (Å²) in [6, 6.07) is 9.34. The second kappa shape index (κ2) is 9.56. The van der Waals surface area contributed by atoms with Gasteiger partial charge in [-0.25, -0.2) is 9.97 Å². The molecule has 0 aliphatic rings. The van der Waals surface area contributed by atoms with Gasteiger partial charge >= 0.3 is 5.97 Å². The van der Waals surface area contributed by atoms with Crippen molar-refractivity contribution < 1.29 is 14.3 Å². The molecule has 0 spiro atoms. The van der Waals surface area contributed by atoms with E-state index in [2.05, 4.69) is 20.2 Å². The molecule has 1 atom stereocenters. The minimum atomic E-state index is -0.413. The van der Waals surface area contributed by atoms with Gasteiger partial charge in [-0.1, -0.05) is 23.5 Å². The van der Waals surface area contributed by atoms with Gasteiger partial charge in [0.05, 0.1) is 20.0 Å². The van der Waals surface area contributed by atoms with E-state index in [-0.39, 0.29) is 5.97 Å². The zero-order valence-corrected chi connectivity index (χ0v) is 17.2. The molecule has 0 saturated carbocycles. The topological polar surface area (TPSA) is 92.0 Å². The van der Waals surface area contributed by atoms with E-state index in [0.717, 1.165) is 17.3 Å². The number of carbonyl (C=O) groups is 1. The number of aromatic nitrogens is 5. The molecule has 0 amide bonds. The number of esters is 1. The largest absolute Gasteiger partial charge is 0.497 e. The first-order valence-corrected chi connectivity index (χ1v) is 10.2. The minimum Gasteiger partial charge on any atom is -0.497 e. The molecule has 3 aromatic rings. The third-order valence-electron chi connectivity index (χ3n) is 3.72. The SMILES string of the molecule is COC(=O)C(C)Sc1nnc(CSc2ncccn2)n1-c1ccc(OC)cc1. The van der Waals surface area contributed by atoms with Crippen LogP contribution in [0.15, 0.2) is 53.0 Å². The normalized spacial score (nSPS) is 11.8. The first-order valence-electron chi connectivity index (χ1n) is 8.35. The van der Waals surface area contributed by atoms with Crippen molar-refractivity contribution in [3.05, 3.63) is 48.5 Å². The van der Waals surface area contributed by atoms with Crippen LogP contribution in [0.3, 0.4) is 0 Å². The second-order valence-corrected chi connectivity index (χ2v) is 7.79. The molecule has 0 N–H and O–H groups in total. The predicted molar refractivity (Wildman–Crippen MR) is 107 cm³/mol. The number of methoxy groups -OCH3 is 2. The van der Waals surface area contributed by atoms with Gasteiger partial charge in [0.2, 0.25) is 0 Å². The van der Waals surface area contributed by atoms with Gasteiger partial charge in [0.1, 0.15) is 16.8 Å². The Labute approximate surface area is 171 Å². The Morgan fingerprint density at radius 2 is 1.86 bits per heavy atom. The number of carbonyl (C=O) groups excluding carboxylic acids is 1. The van der Waals surface area contributed by atoms with Gasteiger partial charge in [-0.3, -0.25) is 9.36 Å². The van der Waals surface area contributed by atoms with Crippen molar-refractivity contribution in [1.29, 1.82) is 0 Å². The highest BCUT2D eigenvalue weighted by molar-refractivity contribution is 8.00. The molecule has 0 saturated heterocycles. The first-order chi connectivity index (χ1) is 13.6. The van der Waals surface area contributed by atoms with Crippen molar-refractivity contribution in [2.45, 2.75) is 28.2 Å². The molecule has 2 aromatic heterocycles. The van der Waals surface area contributed by atoms with Gasteiger partial charge in [-0.2, -0.15) is 0 Å². The van der Waals surface area contributed by atoms with Crippen LogP contribution in [-0.4, -0.2) is 50.2 Å². The van der Waals surface area contributed by atoms with Gasteiger partial charge in [-0.15, -0.1) is 10.2 Å². The van der Waals surface area contributed by atoms with E-state index in [1.165, 1.54) is 30.6 Å². The van der Waals surface area contributed by atoms with Crippen LogP contribution >= 0.6 is 23.5 Å². The molecule has 0 bridgehead atoms. The van der Waals surface area contributed by atoms with E-state index < -0.39 is 5.25 Å². The summed E-state index contributed by atoms with van der Waals surface area (Å²) in [6.45, 7) is 1.77. The lowest BCUT2D eigenvalue weighted by Gasteiger charge is -2.12. The van der Waals surface area contributed by atoms with Crippen molar-refractivity contribution in [1.82, 2.24) is 24.7 Å². The molecule has 1 aromatic carbocycles. The van der Waals surface area contributed by atoms with E-state index in [0.29, 0.717) is 16.1 Å². The van der Waals surface area contributed by atoms with Gasteiger partial charge in [0.25, 0.3) is 0 Å². The Morgan fingerprint density at radius 3 is 2.50 bits per heavy atom. The lowest BCUT2D eigenvalue weighted by Crippen LogP contribution is -2.15. The summed E-state index contributed by atoms with van der Waals surface area (Å²) in [4.78, 5) is 20.3. The molecule has 146 valence electrons. The zero-order valence-electron chi connectivity index (χ0n) is 15.6. The summed E-state index contributed by atoms with van der Waals surface area (Å²) in [5.74, 6) is 1.68. The fourth-order valence-electron chi connectivity index (χ4n) is 2.32. The Kier molecular flexibility index (Phi) is 6.88. The fourth-order valence-corrected chi connectivity index (χ4v) is 3.95. The quantitative estimate of drug-likeness (QED) is 0.311. The van der Waals surface area contributed by atoms with E-state index in [1.807, 2.05) is 28.8 Å². The number of nitrogens with zero attached hydrogens (tertiary/aromatic N) is 5. The smallest absolute Gasteiger partial charge is 0.318 e. The number of ether oxygens (including phenoxy) is 2. The first kappa shape index (κ1) is 20.2. The molecule has 0 aliphatic carbocycles. The Balaban J connectivity index is 1.90. The van der Waals surface area contributed by atoms with Gasteiger partial charge in [0, 0.05) is 18.1 Å². The highest BCUT2D eigenvalue weighted by atomic mass is 32.2. The van der Waals surface area contributed by atoms with Crippen molar-refractivity contribution in [3.8, 4) is 11.4 Å². The second-order valence-electron chi connectivity index (χ2n) is 5.54. The summed E-state index contributed by atoms with van der Waals surface area (Å²) in [7, 11) is 2.99. The summed E-state index contributed by atoms with van der Waals surface area (Å²) < 4.78 is 12.0. The maximum atomic E-state index is 11.8. The molecule has 0 radical (unpaired) electrons. The Bertz CT molecular complexity index is 919. The lowest BCUT2D eigenvalue weighted by molar-refractivity contribution is -0.139. The van der Waals surface area contributed by atoms with Crippen molar-refractivity contribution >= 4 is 29.5 Å². The Hall–Kier alpha value is -2.59. The number of benzene rings is 1. The highest BCUT2D eigenvalue weighted by Crippen LogP contribution is 2.29. The van der Waals surface area contributed by atoms with Crippen LogP contribution < -0.4 is 4.74 Å². The molecule has 0 aliphatic heterocycles. The van der Waals surface area contributed by atoms with Crippen LogP contribution in [0.5, 0.6) is 5.75 Å². The predicted octanol–water partition coefficient (Wildman–Crippen LogP) is 3.01. The minimum absolute atomic E-state index is 0.317. The van der Waals surface area contributed by atoms with Crippen LogP contribution in [0.25, 0.3) is 5.69 Å². The van der Waals surface area contributed by atoms with Crippen molar-refractivity contribution in [3.63, 3.8) is 0 Å². The van der Waals surface area contributed by atoms with E-state index in [1.54, 1.807) is 32.5 Å². The molecule has 3 rings (SSSR count). The monoisotopic (exact) mass is 417 g/mol. The number of hydrogen-bond donors (Lipinski definition) is 0. The molecular weight excluding hydrogens is 398 g/mol. The van der Waals surface area contributed by atoms with Crippen LogP contribution in [0, 0.1) is 0 Å². The third kappa shape index (κ3) is 4.82. The van der Waals surface area contributed by atoms with Gasteiger partial charge in [-0.05, 0) is 37.3 Å². The maximum Gasteiger partial charge on any atom is 0.318 e. The zero-order chi connectivity index (χ0) is 19.9. The van der Waals surface area contributed by atoms with Gasteiger partial charge in [0.15, 0.2) is 10.3 Å². The standard InChI is InChI=1S/C18H19N5O3S2/c1-12(16(24)26-3)28-18-22-21-15(11-27-17-19-9-4-10-20-17)23(18)13-5-7-14(25-2)8-6-13/h4-10,12H,11H2,1-3H3. The highest BCUT2D eigenvalue weighted by Gasteiger charge is 2.21.